The molecule has 0 amide bonds. The lowest BCUT2D eigenvalue weighted by atomic mass is 9.97. The molecule has 1 aliphatic rings. The minimum atomic E-state index is 0.692. The van der Waals surface area contributed by atoms with Gasteiger partial charge in [0.25, 0.3) is 0 Å². The van der Waals surface area contributed by atoms with E-state index in [0.717, 1.165) is 19.0 Å². The van der Waals surface area contributed by atoms with Gasteiger partial charge in [0.1, 0.15) is 0 Å². The Morgan fingerprint density at radius 1 is 1.35 bits per heavy atom. The smallest absolute Gasteiger partial charge is 0.0948 e. The van der Waals surface area contributed by atoms with Crippen LogP contribution in [0.4, 0.5) is 0 Å². The number of aromatic nitrogens is 2. The van der Waals surface area contributed by atoms with Crippen molar-refractivity contribution in [2.24, 2.45) is 5.92 Å². The topological polar surface area (TPSA) is 29.9 Å². The van der Waals surface area contributed by atoms with Crippen LogP contribution >= 0.6 is 0 Å². The molecule has 17 heavy (non-hydrogen) atoms. The van der Waals surface area contributed by atoms with Gasteiger partial charge >= 0.3 is 0 Å². The summed E-state index contributed by atoms with van der Waals surface area (Å²) in [5.74, 6) is 0.815. The summed E-state index contributed by atoms with van der Waals surface area (Å²) in [6.07, 6.45) is 10.8. The zero-order chi connectivity index (χ0) is 12.1. The molecule has 0 aliphatic heterocycles. The van der Waals surface area contributed by atoms with Crippen molar-refractivity contribution in [2.45, 2.75) is 65.1 Å². The first-order valence-corrected chi connectivity index (χ1v) is 7.03. The zero-order valence-corrected chi connectivity index (χ0v) is 11.2. The molecular weight excluding hydrogens is 210 g/mol. The van der Waals surface area contributed by atoms with E-state index in [0.29, 0.717) is 6.04 Å². The van der Waals surface area contributed by atoms with Crippen LogP contribution in [0.5, 0.6) is 0 Å². The molecule has 1 aliphatic carbocycles. The lowest BCUT2D eigenvalue weighted by Gasteiger charge is -2.23. The Morgan fingerprint density at radius 2 is 2.18 bits per heavy atom. The molecule has 2 atom stereocenters. The van der Waals surface area contributed by atoms with Crippen LogP contribution < -0.4 is 5.32 Å². The minimum absolute atomic E-state index is 0.692. The largest absolute Gasteiger partial charge is 0.334 e. The predicted octanol–water partition coefficient (Wildman–Crippen LogP) is 2.96. The molecule has 0 saturated heterocycles. The quantitative estimate of drug-likeness (QED) is 0.813. The van der Waals surface area contributed by atoms with Crippen molar-refractivity contribution in [3.8, 4) is 0 Å². The second kappa shape index (κ2) is 6.20. The molecule has 0 aromatic carbocycles. The average molecular weight is 235 g/mol. The van der Waals surface area contributed by atoms with Gasteiger partial charge in [-0.15, -0.1) is 0 Å². The molecule has 1 fully saturated rings. The number of imidazole rings is 1. The van der Waals surface area contributed by atoms with Crippen LogP contribution in [0.15, 0.2) is 12.5 Å². The van der Waals surface area contributed by atoms with Gasteiger partial charge in [-0.25, -0.2) is 4.98 Å². The molecular formula is C14H25N3. The SMILES string of the molecule is CCn1cncc1CNC1CCCCCC1C. The third kappa shape index (κ3) is 3.32. The minimum Gasteiger partial charge on any atom is -0.334 e. The maximum absolute atomic E-state index is 4.22. The predicted molar refractivity (Wildman–Crippen MR) is 70.8 cm³/mol. The summed E-state index contributed by atoms with van der Waals surface area (Å²) in [6, 6.07) is 0.692. The van der Waals surface area contributed by atoms with E-state index in [2.05, 4.69) is 28.7 Å². The van der Waals surface area contributed by atoms with E-state index in [-0.39, 0.29) is 0 Å². The van der Waals surface area contributed by atoms with Gasteiger partial charge in [-0.1, -0.05) is 26.2 Å². The Hall–Kier alpha value is -0.830. The molecule has 1 N–H and O–H groups in total. The second-order valence-electron chi connectivity index (χ2n) is 5.27. The van der Waals surface area contributed by atoms with E-state index < -0.39 is 0 Å². The van der Waals surface area contributed by atoms with Crippen LogP contribution in [-0.4, -0.2) is 15.6 Å². The Balaban J connectivity index is 1.88. The molecule has 2 rings (SSSR count). The second-order valence-corrected chi connectivity index (χ2v) is 5.27. The first-order chi connectivity index (χ1) is 8.31. The number of aryl methyl sites for hydroxylation is 1. The van der Waals surface area contributed by atoms with E-state index in [1.807, 2.05) is 12.5 Å². The van der Waals surface area contributed by atoms with Crippen LogP contribution in [-0.2, 0) is 13.1 Å². The maximum Gasteiger partial charge on any atom is 0.0948 e. The fourth-order valence-corrected chi connectivity index (χ4v) is 2.81. The van der Waals surface area contributed by atoms with Crippen LogP contribution in [0.2, 0.25) is 0 Å². The molecule has 0 spiro atoms. The van der Waals surface area contributed by atoms with Crippen molar-refractivity contribution in [1.29, 1.82) is 0 Å². The van der Waals surface area contributed by atoms with Gasteiger partial charge in [0.15, 0.2) is 0 Å². The van der Waals surface area contributed by atoms with Gasteiger partial charge in [-0.3, -0.25) is 0 Å². The lowest BCUT2D eigenvalue weighted by molar-refractivity contribution is 0.352. The normalized spacial score (nSPS) is 25.8. The summed E-state index contributed by atoms with van der Waals surface area (Å²) in [4.78, 5) is 4.22. The Morgan fingerprint density at radius 3 is 3.00 bits per heavy atom. The van der Waals surface area contributed by atoms with E-state index >= 15 is 0 Å². The summed E-state index contributed by atoms with van der Waals surface area (Å²) in [5.41, 5.74) is 1.31. The lowest BCUT2D eigenvalue weighted by Crippen LogP contribution is -2.34. The summed E-state index contributed by atoms with van der Waals surface area (Å²) in [7, 11) is 0. The molecule has 1 aromatic rings. The van der Waals surface area contributed by atoms with Crippen molar-refractivity contribution < 1.29 is 0 Å². The van der Waals surface area contributed by atoms with Gasteiger partial charge in [-0.05, 0) is 25.7 Å². The van der Waals surface area contributed by atoms with Crippen LogP contribution in [0.1, 0.15) is 51.6 Å². The Labute approximate surface area is 105 Å². The van der Waals surface area contributed by atoms with Gasteiger partial charge in [-0.2, -0.15) is 0 Å². The number of hydrogen-bond acceptors (Lipinski definition) is 2. The molecule has 1 saturated carbocycles. The molecule has 1 aromatic heterocycles. The van der Waals surface area contributed by atoms with Gasteiger partial charge in [0.2, 0.25) is 0 Å². The fourth-order valence-electron chi connectivity index (χ4n) is 2.81. The highest BCUT2D eigenvalue weighted by Gasteiger charge is 2.19. The van der Waals surface area contributed by atoms with Crippen LogP contribution in [0.25, 0.3) is 0 Å². The summed E-state index contributed by atoms with van der Waals surface area (Å²) in [5, 5.41) is 3.73. The van der Waals surface area contributed by atoms with E-state index in [1.165, 1.54) is 37.8 Å². The van der Waals surface area contributed by atoms with E-state index in [9.17, 15) is 0 Å². The molecule has 3 nitrogen and oxygen atoms in total. The van der Waals surface area contributed by atoms with Crippen LogP contribution in [0.3, 0.4) is 0 Å². The monoisotopic (exact) mass is 235 g/mol. The highest BCUT2D eigenvalue weighted by atomic mass is 15.1. The third-order valence-electron chi connectivity index (χ3n) is 4.05. The number of nitrogens with one attached hydrogen (secondary N) is 1. The van der Waals surface area contributed by atoms with Crippen molar-refractivity contribution in [3.63, 3.8) is 0 Å². The summed E-state index contributed by atoms with van der Waals surface area (Å²) in [6.45, 7) is 6.53. The number of nitrogens with zero attached hydrogens (tertiary/aromatic N) is 2. The van der Waals surface area contributed by atoms with Crippen molar-refractivity contribution in [2.75, 3.05) is 0 Å². The standard InChI is InChI=1S/C14H25N3/c1-3-17-11-15-9-13(17)10-16-14-8-6-4-5-7-12(14)2/h9,11-12,14,16H,3-8,10H2,1-2H3. The molecule has 96 valence electrons. The number of hydrogen-bond donors (Lipinski definition) is 1. The highest BCUT2D eigenvalue weighted by molar-refractivity contribution is 4.98. The molecule has 2 unspecified atom stereocenters. The van der Waals surface area contributed by atoms with Gasteiger partial charge in [0.05, 0.1) is 12.0 Å². The summed E-state index contributed by atoms with van der Waals surface area (Å²) < 4.78 is 2.22. The maximum atomic E-state index is 4.22. The Bertz CT molecular complexity index is 332. The van der Waals surface area contributed by atoms with Gasteiger partial charge in [0, 0.05) is 25.3 Å². The highest BCUT2D eigenvalue weighted by Crippen LogP contribution is 2.23. The van der Waals surface area contributed by atoms with Gasteiger partial charge < -0.3 is 9.88 Å². The first-order valence-electron chi connectivity index (χ1n) is 7.03. The van der Waals surface area contributed by atoms with E-state index in [4.69, 9.17) is 0 Å². The average Bonchev–Trinajstić information content (AvgIpc) is 2.70. The molecule has 0 bridgehead atoms. The Kier molecular flexibility index (Phi) is 4.60. The van der Waals surface area contributed by atoms with Crippen molar-refractivity contribution in [1.82, 2.24) is 14.9 Å². The molecule has 3 heteroatoms. The number of rotatable bonds is 4. The molecule has 1 heterocycles. The van der Waals surface area contributed by atoms with E-state index in [1.54, 1.807) is 0 Å². The third-order valence-corrected chi connectivity index (χ3v) is 4.05. The van der Waals surface area contributed by atoms with Crippen molar-refractivity contribution >= 4 is 0 Å². The first kappa shape index (κ1) is 12.6. The van der Waals surface area contributed by atoms with Crippen LogP contribution in [0, 0.1) is 5.92 Å². The zero-order valence-electron chi connectivity index (χ0n) is 11.2. The molecule has 0 radical (unpaired) electrons. The fraction of sp³-hybridized carbons (Fsp3) is 0.786. The van der Waals surface area contributed by atoms with Crippen molar-refractivity contribution in [3.05, 3.63) is 18.2 Å². The summed E-state index contributed by atoms with van der Waals surface area (Å²) >= 11 is 0.